The number of ether oxygens (including phenoxy) is 2. The first kappa shape index (κ1) is 22.0. The van der Waals surface area contributed by atoms with Gasteiger partial charge in [0.15, 0.2) is 11.2 Å². The Morgan fingerprint density at radius 2 is 1.67 bits per heavy atom. The van der Waals surface area contributed by atoms with Gasteiger partial charge in [-0.25, -0.2) is 9.18 Å². The fourth-order valence-corrected chi connectivity index (χ4v) is 5.44. The quantitative estimate of drug-likeness (QED) is 0.131. The molecule has 1 aromatic heterocycles. The largest absolute Gasteiger partial charge is 0.492 e. The third kappa shape index (κ3) is 2.92. The number of carbonyl (C=O) groups is 2. The first-order valence-electron chi connectivity index (χ1n) is 11.4. The van der Waals surface area contributed by atoms with Crippen LogP contribution in [-0.2, 0) is 4.79 Å². The second-order valence-electron chi connectivity index (χ2n) is 8.85. The number of benzene rings is 3. The number of hydrogen-bond acceptors (Lipinski definition) is 6. The third-order valence-corrected chi connectivity index (χ3v) is 7.07. The maximum atomic E-state index is 14.4. The number of carbonyl (C=O) groups excluding carboxylic acids is 2. The Kier molecular flexibility index (Phi) is 4.89. The maximum absolute atomic E-state index is 14.4. The molecule has 4 aromatic rings. The van der Waals surface area contributed by atoms with E-state index in [1.165, 1.54) is 36.4 Å². The zero-order valence-electron chi connectivity index (χ0n) is 18.9. The Morgan fingerprint density at radius 1 is 0.944 bits per heavy atom. The van der Waals surface area contributed by atoms with Crippen LogP contribution in [0.5, 0.6) is 11.5 Å². The fourth-order valence-electron chi connectivity index (χ4n) is 5.44. The van der Waals surface area contributed by atoms with Crippen LogP contribution in [0.15, 0.2) is 94.7 Å². The number of para-hydroxylation sites is 2. The fraction of sp³-hybridized carbons (Fsp3) is 0.138. The van der Waals surface area contributed by atoms with Crippen LogP contribution in [0.3, 0.4) is 0 Å². The molecule has 0 saturated carbocycles. The van der Waals surface area contributed by atoms with Crippen LogP contribution in [0.1, 0.15) is 27.4 Å². The highest BCUT2D eigenvalue weighted by Crippen LogP contribution is 2.56. The van der Waals surface area contributed by atoms with E-state index in [1.807, 2.05) is 0 Å². The van der Waals surface area contributed by atoms with E-state index in [4.69, 9.17) is 13.9 Å². The molecule has 3 heterocycles. The molecule has 1 spiro atoms. The summed E-state index contributed by atoms with van der Waals surface area (Å²) in [4.78, 5) is 41.9. The monoisotopic (exact) mass is 482 g/mol. The lowest BCUT2D eigenvalue weighted by atomic mass is 9.58. The highest BCUT2D eigenvalue weighted by molar-refractivity contribution is 6.18. The molecular formula is C29H19FO6. The minimum absolute atomic E-state index is 0.00524. The summed E-state index contributed by atoms with van der Waals surface area (Å²) < 4.78 is 31.5. The third-order valence-electron chi connectivity index (χ3n) is 7.07. The van der Waals surface area contributed by atoms with Gasteiger partial charge in [-0.05, 0) is 42.0 Å². The average Bonchev–Trinajstić information content (AvgIpc) is 3.04. The molecule has 6 nitrogen and oxygen atoms in total. The van der Waals surface area contributed by atoms with Crippen molar-refractivity contribution in [3.8, 4) is 11.5 Å². The highest BCUT2D eigenvalue weighted by atomic mass is 19.1. The summed E-state index contributed by atoms with van der Waals surface area (Å²) in [5.74, 6) is -3.62. The average molecular weight is 482 g/mol. The molecule has 0 radical (unpaired) electrons. The molecular weight excluding hydrogens is 463 g/mol. The molecule has 6 rings (SSSR count). The molecule has 2 aliphatic rings. The van der Waals surface area contributed by atoms with Crippen LogP contribution in [-0.4, -0.2) is 18.4 Å². The van der Waals surface area contributed by atoms with E-state index in [0.717, 1.165) is 0 Å². The van der Waals surface area contributed by atoms with Crippen LogP contribution < -0.4 is 15.1 Å². The first-order chi connectivity index (χ1) is 17.5. The number of esters is 1. The van der Waals surface area contributed by atoms with E-state index in [9.17, 15) is 18.8 Å². The van der Waals surface area contributed by atoms with Gasteiger partial charge < -0.3 is 13.9 Å². The van der Waals surface area contributed by atoms with Crippen molar-refractivity contribution < 1.29 is 27.9 Å². The van der Waals surface area contributed by atoms with Gasteiger partial charge in [0.2, 0.25) is 0 Å². The number of rotatable bonds is 2. The molecule has 0 N–H and O–H groups in total. The van der Waals surface area contributed by atoms with Gasteiger partial charge in [-0.1, -0.05) is 42.5 Å². The summed E-state index contributed by atoms with van der Waals surface area (Å²) in [6.07, 6.45) is 1.47. The van der Waals surface area contributed by atoms with E-state index in [-0.39, 0.29) is 29.2 Å². The molecule has 3 atom stereocenters. The van der Waals surface area contributed by atoms with Gasteiger partial charge in [0, 0.05) is 11.8 Å². The van der Waals surface area contributed by atoms with Gasteiger partial charge in [0.1, 0.15) is 22.9 Å². The predicted molar refractivity (Wildman–Crippen MR) is 129 cm³/mol. The molecule has 0 fully saturated rings. The Bertz CT molecular complexity index is 1620. The van der Waals surface area contributed by atoms with Gasteiger partial charge in [-0.3, -0.25) is 9.59 Å². The van der Waals surface area contributed by atoms with Crippen molar-refractivity contribution in [2.75, 3.05) is 6.61 Å². The van der Waals surface area contributed by atoms with E-state index in [0.29, 0.717) is 16.5 Å². The topological polar surface area (TPSA) is 82.8 Å². The summed E-state index contributed by atoms with van der Waals surface area (Å²) in [5.41, 5.74) is -1.85. The van der Waals surface area contributed by atoms with Crippen LogP contribution in [0.4, 0.5) is 4.39 Å². The van der Waals surface area contributed by atoms with E-state index >= 15 is 0 Å². The molecule has 2 aliphatic heterocycles. The Labute approximate surface area is 204 Å². The van der Waals surface area contributed by atoms with Gasteiger partial charge in [-0.2, -0.15) is 0 Å². The number of Topliss-reactive ketones (excluding diaryl/α,β-unsaturated/α-hetero) is 1. The van der Waals surface area contributed by atoms with Crippen molar-refractivity contribution in [1.29, 1.82) is 0 Å². The Hall–Kier alpha value is -4.52. The van der Waals surface area contributed by atoms with Crippen LogP contribution in [0.25, 0.3) is 11.0 Å². The maximum Gasteiger partial charge on any atom is 0.343 e. The predicted octanol–water partition coefficient (Wildman–Crippen LogP) is 5.05. The molecule has 7 heteroatoms. The standard InChI is InChI=1S/C29H19FO6/c1-2-17-15-34-25-19-7-3-5-9-21(19)35-27(32)23(25)24(16-11-13-18(30)14-12-16)29(17)26(31)20-8-4-6-10-22(20)36-28(29)33/h2-14,17,24H,1,15H2/t17-,24-,29+/m0/s1. The Balaban J connectivity index is 1.76. The smallest absolute Gasteiger partial charge is 0.343 e. The highest BCUT2D eigenvalue weighted by Gasteiger charge is 2.63. The van der Waals surface area contributed by atoms with E-state index in [1.54, 1.807) is 42.5 Å². The molecule has 178 valence electrons. The SMILES string of the molecule is C=C[C@H]1COc2c(c(=O)oc3ccccc23)[C@H](c2ccc(F)cc2)[C@]12C(=O)Oc1ccccc1C2=O. The Morgan fingerprint density at radius 3 is 2.44 bits per heavy atom. The second-order valence-corrected chi connectivity index (χ2v) is 8.85. The van der Waals surface area contributed by atoms with Crippen molar-refractivity contribution in [2.24, 2.45) is 11.3 Å². The molecule has 0 unspecified atom stereocenters. The molecule has 0 bridgehead atoms. The minimum atomic E-state index is -1.95. The summed E-state index contributed by atoms with van der Waals surface area (Å²) >= 11 is 0. The molecule has 36 heavy (non-hydrogen) atoms. The van der Waals surface area contributed by atoms with Crippen molar-refractivity contribution in [3.05, 3.63) is 118 Å². The van der Waals surface area contributed by atoms with Crippen LogP contribution >= 0.6 is 0 Å². The molecule has 0 aliphatic carbocycles. The second kappa shape index (κ2) is 8.02. The summed E-state index contributed by atoms with van der Waals surface area (Å²) in [6.45, 7) is 3.77. The van der Waals surface area contributed by atoms with Gasteiger partial charge >= 0.3 is 11.6 Å². The summed E-state index contributed by atoms with van der Waals surface area (Å²) in [7, 11) is 0. The minimum Gasteiger partial charge on any atom is -0.492 e. The first-order valence-corrected chi connectivity index (χ1v) is 11.4. The summed E-state index contributed by atoms with van der Waals surface area (Å²) in [6, 6.07) is 18.6. The zero-order chi connectivity index (χ0) is 25.0. The lowest BCUT2D eigenvalue weighted by Gasteiger charge is -2.42. The zero-order valence-corrected chi connectivity index (χ0v) is 18.9. The number of hydrogen-bond donors (Lipinski definition) is 0. The lowest BCUT2D eigenvalue weighted by Crippen LogP contribution is -2.55. The van der Waals surface area contributed by atoms with Gasteiger partial charge in [-0.15, -0.1) is 6.58 Å². The van der Waals surface area contributed by atoms with Crippen molar-refractivity contribution in [1.82, 2.24) is 0 Å². The van der Waals surface area contributed by atoms with Crippen molar-refractivity contribution >= 4 is 22.7 Å². The van der Waals surface area contributed by atoms with E-state index in [2.05, 4.69) is 6.58 Å². The van der Waals surface area contributed by atoms with Crippen LogP contribution in [0.2, 0.25) is 0 Å². The van der Waals surface area contributed by atoms with Crippen molar-refractivity contribution in [3.63, 3.8) is 0 Å². The van der Waals surface area contributed by atoms with Gasteiger partial charge in [0.05, 0.1) is 23.1 Å². The van der Waals surface area contributed by atoms with Gasteiger partial charge in [0.25, 0.3) is 0 Å². The molecule has 3 aromatic carbocycles. The lowest BCUT2D eigenvalue weighted by molar-refractivity contribution is -0.147. The molecule has 0 amide bonds. The van der Waals surface area contributed by atoms with E-state index < -0.39 is 40.4 Å². The normalized spacial score (nSPS) is 22.8. The van der Waals surface area contributed by atoms with Crippen LogP contribution in [0, 0.1) is 17.2 Å². The number of fused-ring (bicyclic) bond motifs is 4. The number of ketones is 1. The molecule has 0 saturated heterocycles. The van der Waals surface area contributed by atoms with Crippen molar-refractivity contribution in [2.45, 2.75) is 5.92 Å². The summed E-state index contributed by atoms with van der Waals surface area (Å²) in [5, 5.41) is 0.510. The number of halogens is 1.